The summed E-state index contributed by atoms with van der Waals surface area (Å²) in [5.41, 5.74) is 3.25. The highest BCUT2D eigenvalue weighted by Gasteiger charge is 2.28. The van der Waals surface area contributed by atoms with Crippen molar-refractivity contribution in [2.75, 3.05) is 10.2 Å². The number of nitrogens with zero attached hydrogens (tertiary/aromatic N) is 3. The molecule has 6 heteroatoms. The summed E-state index contributed by atoms with van der Waals surface area (Å²) in [7, 11) is 0. The second-order valence-electron chi connectivity index (χ2n) is 6.25. The first-order chi connectivity index (χ1) is 12.6. The molecule has 0 aliphatic carbocycles. The Bertz CT molecular complexity index is 975. The summed E-state index contributed by atoms with van der Waals surface area (Å²) in [5, 5.41) is 3.28. The summed E-state index contributed by atoms with van der Waals surface area (Å²) in [6.07, 6.45) is 2.37. The van der Waals surface area contributed by atoms with Gasteiger partial charge in [-0.1, -0.05) is 41.9 Å². The van der Waals surface area contributed by atoms with E-state index in [0.717, 1.165) is 12.1 Å². The number of hydrogen-bond donors (Lipinski definition) is 1. The fourth-order valence-corrected chi connectivity index (χ4v) is 3.45. The van der Waals surface area contributed by atoms with Gasteiger partial charge in [0.15, 0.2) is 0 Å². The summed E-state index contributed by atoms with van der Waals surface area (Å²) in [5.74, 6) is 0.392. The molecule has 1 aromatic heterocycles. The molecule has 2 aromatic carbocycles. The third-order valence-electron chi connectivity index (χ3n) is 4.46. The lowest BCUT2D eigenvalue weighted by Crippen LogP contribution is -2.25. The number of carbonyl (C=O) groups excluding carboxylic acids is 1. The number of amides is 1. The number of fused-ring (bicyclic) bond motifs is 1. The quantitative estimate of drug-likeness (QED) is 0.745. The minimum Gasteiger partial charge on any atom is -0.323 e. The fraction of sp³-hybridized carbons (Fsp3) is 0.150. The molecule has 1 N–H and O–H groups in total. The SMILES string of the molecule is CC1Cc2ccccc2N1c1cc(C(=O)Nc2ccccc2Cl)ncn1. The molecule has 0 saturated carbocycles. The van der Waals surface area contributed by atoms with Gasteiger partial charge in [0.2, 0.25) is 0 Å². The molecular weight excluding hydrogens is 348 g/mol. The minimum absolute atomic E-state index is 0.266. The van der Waals surface area contributed by atoms with Crippen LogP contribution in [0.15, 0.2) is 60.9 Å². The Morgan fingerprint density at radius 3 is 2.77 bits per heavy atom. The second-order valence-corrected chi connectivity index (χ2v) is 6.65. The van der Waals surface area contributed by atoms with E-state index >= 15 is 0 Å². The highest BCUT2D eigenvalue weighted by Crippen LogP contribution is 2.37. The summed E-state index contributed by atoms with van der Waals surface area (Å²) < 4.78 is 0. The van der Waals surface area contributed by atoms with Gasteiger partial charge in [0.25, 0.3) is 5.91 Å². The number of benzene rings is 2. The molecule has 26 heavy (non-hydrogen) atoms. The van der Waals surface area contributed by atoms with E-state index in [9.17, 15) is 4.79 Å². The standard InChI is InChI=1S/C20H17ClN4O/c1-13-10-14-6-2-5-9-18(14)25(13)19-11-17(22-12-23-19)20(26)24-16-8-4-3-7-15(16)21/h2-9,11-13H,10H2,1H3,(H,24,26). The van der Waals surface area contributed by atoms with Crippen molar-refractivity contribution >= 4 is 34.7 Å². The van der Waals surface area contributed by atoms with Gasteiger partial charge in [-0.25, -0.2) is 9.97 Å². The molecule has 0 saturated heterocycles. The Morgan fingerprint density at radius 1 is 1.15 bits per heavy atom. The van der Waals surface area contributed by atoms with Crippen LogP contribution in [0.3, 0.4) is 0 Å². The van der Waals surface area contributed by atoms with Crippen molar-refractivity contribution < 1.29 is 4.79 Å². The predicted molar refractivity (Wildman–Crippen MR) is 103 cm³/mol. The number of hydrogen-bond acceptors (Lipinski definition) is 4. The molecule has 3 aromatic rings. The summed E-state index contributed by atoms with van der Waals surface area (Å²) in [6, 6.07) is 17.3. The van der Waals surface area contributed by atoms with Gasteiger partial charge < -0.3 is 10.2 Å². The average molecular weight is 365 g/mol. The zero-order valence-electron chi connectivity index (χ0n) is 14.2. The number of anilines is 3. The molecule has 4 rings (SSSR count). The molecule has 0 spiro atoms. The van der Waals surface area contributed by atoms with E-state index < -0.39 is 0 Å². The third-order valence-corrected chi connectivity index (χ3v) is 4.79. The summed E-state index contributed by atoms with van der Waals surface area (Å²) in [4.78, 5) is 23.2. The van der Waals surface area contributed by atoms with Crippen LogP contribution in [0.2, 0.25) is 5.02 Å². The Labute approximate surface area is 156 Å². The van der Waals surface area contributed by atoms with Gasteiger partial charge in [0, 0.05) is 17.8 Å². The number of nitrogens with one attached hydrogen (secondary N) is 1. The molecule has 130 valence electrons. The zero-order chi connectivity index (χ0) is 18.1. The van der Waals surface area contributed by atoms with E-state index in [2.05, 4.69) is 39.2 Å². The van der Waals surface area contributed by atoms with Gasteiger partial charge in [-0.15, -0.1) is 0 Å². The lowest BCUT2D eigenvalue weighted by atomic mass is 10.1. The van der Waals surface area contributed by atoms with Crippen LogP contribution in [0.5, 0.6) is 0 Å². The Kier molecular flexibility index (Phi) is 4.31. The lowest BCUT2D eigenvalue weighted by Gasteiger charge is -2.23. The topological polar surface area (TPSA) is 58.1 Å². The van der Waals surface area contributed by atoms with Crippen molar-refractivity contribution in [1.82, 2.24) is 9.97 Å². The van der Waals surface area contributed by atoms with Crippen LogP contribution >= 0.6 is 11.6 Å². The number of aromatic nitrogens is 2. The summed E-state index contributed by atoms with van der Waals surface area (Å²) in [6.45, 7) is 2.14. The molecule has 1 amide bonds. The number of halogens is 1. The molecule has 0 radical (unpaired) electrons. The molecule has 1 atom stereocenters. The monoisotopic (exact) mass is 364 g/mol. The van der Waals surface area contributed by atoms with Gasteiger partial charge >= 0.3 is 0 Å². The van der Waals surface area contributed by atoms with Crippen molar-refractivity contribution in [2.45, 2.75) is 19.4 Å². The van der Waals surface area contributed by atoms with E-state index in [0.29, 0.717) is 22.2 Å². The second kappa shape index (κ2) is 6.77. The first-order valence-electron chi connectivity index (χ1n) is 8.38. The van der Waals surface area contributed by atoms with E-state index in [4.69, 9.17) is 11.6 Å². The molecule has 1 aliphatic heterocycles. The molecular formula is C20H17ClN4O. The van der Waals surface area contributed by atoms with Gasteiger partial charge in [-0.3, -0.25) is 4.79 Å². The smallest absolute Gasteiger partial charge is 0.274 e. The lowest BCUT2D eigenvalue weighted by molar-refractivity contribution is 0.102. The zero-order valence-corrected chi connectivity index (χ0v) is 14.9. The first-order valence-corrected chi connectivity index (χ1v) is 8.76. The molecule has 1 aliphatic rings. The molecule has 5 nitrogen and oxygen atoms in total. The van der Waals surface area contributed by atoms with Crippen molar-refractivity contribution in [1.29, 1.82) is 0 Å². The van der Waals surface area contributed by atoms with Crippen molar-refractivity contribution in [3.63, 3.8) is 0 Å². The van der Waals surface area contributed by atoms with Gasteiger partial charge in [-0.2, -0.15) is 0 Å². The molecule has 2 heterocycles. The Hall–Kier alpha value is -2.92. The maximum absolute atomic E-state index is 12.6. The first kappa shape index (κ1) is 16.5. The maximum Gasteiger partial charge on any atom is 0.274 e. The van der Waals surface area contributed by atoms with E-state index in [1.54, 1.807) is 18.2 Å². The third kappa shape index (κ3) is 3.02. The fourth-order valence-electron chi connectivity index (χ4n) is 3.27. The van der Waals surface area contributed by atoms with Crippen LogP contribution in [-0.2, 0) is 6.42 Å². The summed E-state index contributed by atoms with van der Waals surface area (Å²) >= 11 is 6.11. The number of para-hydroxylation sites is 2. The van der Waals surface area contributed by atoms with Crippen molar-refractivity contribution in [3.8, 4) is 0 Å². The predicted octanol–water partition coefficient (Wildman–Crippen LogP) is 4.47. The van der Waals surface area contributed by atoms with Crippen LogP contribution < -0.4 is 10.2 Å². The van der Waals surface area contributed by atoms with Crippen molar-refractivity contribution in [3.05, 3.63) is 77.2 Å². The number of carbonyl (C=O) groups is 1. The molecule has 1 unspecified atom stereocenters. The van der Waals surface area contributed by atoms with Crippen LogP contribution in [0.4, 0.5) is 17.2 Å². The van der Waals surface area contributed by atoms with Crippen molar-refractivity contribution in [2.24, 2.45) is 0 Å². The highest BCUT2D eigenvalue weighted by molar-refractivity contribution is 6.33. The normalized spacial score (nSPS) is 15.6. The van der Waals surface area contributed by atoms with Gasteiger partial charge in [0.1, 0.15) is 17.8 Å². The average Bonchev–Trinajstić information content (AvgIpc) is 2.99. The molecule has 0 bridgehead atoms. The Balaban J connectivity index is 1.63. The van der Waals surface area contributed by atoms with Crippen LogP contribution in [0.1, 0.15) is 23.0 Å². The van der Waals surface area contributed by atoms with Crippen LogP contribution in [-0.4, -0.2) is 21.9 Å². The van der Waals surface area contributed by atoms with Crippen LogP contribution in [0.25, 0.3) is 0 Å². The van der Waals surface area contributed by atoms with E-state index in [-0.39, 0.29) is 11.9 Å². The van der Waals surface area contributed by atoms with Gasteiger partial charge in [-0.05, 0) is 37.1 Å². The van der Waals surface area contributed by atoms with E-state index in [1.807, 2.05) is 24.3 Å². The largest absolute Gasteiger partial charge is 0.323 e. The number of rotatable bonds is 3. The minimum atomic E-state index is -0.318. The van der Waals surface area contributed by atoms with Crippen LogP contribution in [0, 0.1) is 0 Å². The maximum atomic E-state index is 12.6. The molecule has 0 fully saturated rings. The Morgan fingerprint density at radius 2 is 1.92 bits per heavy atom. The van der Waals surface area contributed by atoms with E-state index in [1.165, 1.54) is 11.9 Å². The van der Waals surface area contributed by atoms with Gasteiger partial charge in [0.05, 0.1) is 10.7 Å². The highest BCUT2D eigenvalue weighted by atomic mass is 35.5.